The van der Waals surface area contributed by atoms with Gasteiger partial charge in [0.15, 0.2) is 0 Å². The molecule has 0 saturated carbocycles. The van der Waals surface area contributed by atoms with E-state index in [9.17, 15) is 14.7 Å². The van der Waals surface area contributed by atoms with Crippen molar-refractivity contribution in [2.75, 3.05) is 52.4 Å². The van der Waals surface area contributed by atoms with Gasteiger partial charge in [0.1, 0.15) is 0 Å². The zero-order valence-corrected chi connectivity index (χ0v) is 18.5. The number of amides is 1. The molecule has 0 radical (unpaired) electrons. The van der Waals surface area contributed by atoms with Crippen LogP contribution in [-0.4, -0.2) is 107 Å². The molecule has 2 rings (SSSR count). The van der Waals surface area contributed by atoms with Gasteiger partial charge in [-0.3, -0.25) is 24.1 Å². The van der Waals surface area contributed by atoms with Gasteiger partial charge >= 0.3 is 5.97 Å². The van der Waals surface area contributed by atoms with Gasteiger partial charge in [-0.15, -0.1) is 0 Å². The van der Waals surface area contributed by atoms with Crippen LogP contribution in [0.25, 0.3) is 0 Å². The van der Waals surface area contributed by atoms with Gasteiger partial charge in [-0.2, -0.15) is 0 Å². The number of hydrogen-bond acceptors (Lipinski definition) is 8. The Kier molecular flexibility index (Phi) is 14.9. The number of aliphatic hydroxyl groups is 1. The highest BCUT2D eigenvalue weighted by Crippen LogP contribution is 2.11. The number of rotatable bonds is 6. The molecule has 2 heterocycles. The van der Waals surface area contributed by atoms with Crippen molar-refractivity contribution in [3.05, 3.63) is 11.6 Å². The molecule has 2 saturated heterocycles. The van der Waals surface area contributed by atoms with Gasteiger partial charge in [0.25, 0.3) is 11.9 Å². The molecule has 0 aromatic heterocycles. The minimum Gasteiger partial charge on any atom is -0.481 e. The number of carboxylic acid groups (broad SMARTS) is 2. The van der Waals surface area contributed by atoms with Crippen LogP contribution in [0.4, 0.5) is 0 Å². The van der Waals surface area contributed by atoms with E-state index in [0.29, 0.717) is 39.3 Å². The highest BCUT2D eigenvalue weighted by Gasteiger charge is 2.24. The van der Waals surface area contributed by atoms with E-state index in [1.54, 1.807) is 11.8 Å². The molecule has 1 atom stereocenters. The number of aliphatic hydroxyl groups excluding tert-OH is 1. The maximum atomic E-state index is 12.1. The number of carboxylic acids is 2. The summed E-state index contributed by atoms with van der Waals surface area (Å²) in [6, 6.07) is 0. The Bertz CT molecular complexity index is 604. The van der Waals surface area contributed by atoms with Crippen LogP contribution < -0.4 is 5.32 Å². The third-order valence-corrected chi connectivity index (χ3v) is 4.25. The molecule has 0 bridgehead atoms. The molecule has 0 aromatic carbocycles. The molecule has 4 N–H and O–H groups in total. The maximum Gasteiger partial charge on any atom is 0.307 e. The molecule has 178 valence electrons. The minimum atomic E-state index is -0.833. The summed E-state index contributed by atoms with van der Waals surface area (Å²) in [5.41, 5.74) is 1.01. The number of carbonyl (C=O) groups is 4. The quantitative estimate of drug-likeness (QED) is 0.312. The summed E-state index contributed by atoms with van der Waals surface area (Å²) in [7, 11) is 0. The second kappa shape index (κ2) is 16.2. The fourth-order valence-corrected chi connectivity index (χ4v) is 2.84. The molecule has 2 aliphatic rings. The van der Waals surface area contributed by atoms with Crippen LogP contribution in [0.15, 0.2) is 11.6 Å². The Morgan fingerprint density at radius 1 is 1.19 bits per heavy atom. The number of nitrogens with one attached hydrogen (secondary N) is 1. The molecule has 11 heteroatoms. The molecule has 1 unspecified atom stereocenters. The Morgan fingerprint density at radius 3 is 2.32 bits per heavy atom. The standard InChI is InChI=1S/C16H27N3O4.2C2H4O2/c1-2-23-16(22)5-8-19-10-9-18(12-15(19)21)7-4-13-11-17-6-3-14(13)20;2*1-2(3)4/h4,14,17,20H,2-3,5-12H2,1H3;2*1H3,(H,3,4)/b13-4+;;. The number of nitrogens with zero attached hydrogens (tertiary/aromatic N) is 2. The lowest BCUT2D eigenvalue weighted by Gasteiger charge is -2.34. The summed E-state index contributed by atoms with van der Waals surface area (Å²) in [6.45, 7) is 8.73. The number of carbonyl (C=O) groups excluding carboxylic acids is 2. The van der Waals surface area contributed by atoms with Crippen molar-refractivity contribution in [2.24, 2.45) is 0 Å². The topological polar surface area (TPSA) is 157 Å². The lowest BCUT2D eigenvalue weighted by molar-refractivity contribution is -0.145. The number of hydrogen-bond donors (Lipinski definition) is 4. The highest BCUT2D eigenvalue weighted by molar-refractivity contribution is 5.79. The average molecular weight is 446 g/mol. The van der Waals surface area contributed by atoms with Crippen molar-refractivity contribution in [3.8, 4) is 0 Å². The Hall–Kier alpha value is -2.50. The van der Waals surface area contributed by atoms with Crippen LogP contribution in [0.1, 0.15) is 33.6 Å². The van der Waals surface area contributed by atoms with Gasteiger partial charge < -0.3 is 30.3 Å². The van der Waals surface area contributed by atoms with Crippen LogP contribution >= 0.6 is 0 Å². The van der Waals surface area contributed by atoms with Crippen molar-refractivity contribution in [2.45, 2.75) is 39.7 Å². The molecular weight excluding hydrogens is 410 g/mol. The minimum absolute atomic E-state index is 0.0428. The van der Waals surface area contributed by atoms with E-state index in [-0.39, 0.29) is 24.4 Å². The van der Waals surface area contributed by atoms with Gasteiger partial charge in [0.2, 0.25) is 5.91 Å². The second-order valence-electron chi connectivity index (χ2n) is 6.97. The summed E-state index contributed by atoms with van der Waals surface area (Å²) in [5, 5.41) is 28.0. The Balaban J connectivity index is 0.000000967. The summed E-state index contributed by atoms with van der Waals surface area (Å²) < 4.78 is 4.88. The molecule has 2 fully saturated rings. The van der Waals surface area contributed by atoms with E-state index in [0.717, 1.165) is 38.9 Å². The van der Waals surface area contributed by atoms with E-state index >= 15 is 0 Å². The van der Waals surface area contributed by atoms with Crippen LogP contribution in [0, 0.1) is 0 Å². The van der Waals surface area contributed by atoms with E-state index in [1.807, 2.05) is 6.08 Å². The van der Waals surface area contributed by atoms with Gasteiger partial charge in [-0.1, -0.05) is 6.08 Å². The fourth-order valence-electron chi connectivity index (χ4n) is 2.84. The van der Waals surface area contributed by atoms with Crippen LogP contribution in [0.5, 0.6) is 0 Å². The molecule has 0 spiro atoms. The van der Waals surface area contributed by atoms with E-state index in [4.69, 9.17) is 24.5 Å². The number of esters is 1. The maximum absolute atomic E-state index is 12.1. The average Bonchev–Trinajstić information content (AvgIpc) is 2.66. The highest BCUT2D eigenvalue weighted by atomic mass is 16.5. The molecular formula is C20H35N3O8. The van der Waals surface area contributed by atoms with Crippen molar-refractivity contribution in [1.82, 2.24) is 15.1 Å². The normalized spacial score (nSPS) is 20.1. The Labute approximate surface area is 182 Å². The first kappa shape index (κ1) is 28.5. The largest absolute Gasteiger partial charge is 0.481 e. The third kappa shape index (κ3) is 15.0. The summed E-state index contributed by atoms with van der Waals surface area (Å²) >= 11 is 0. The monoisotopic (exact) mass is 445 g/mol. The number of piperazine rings is 1. The lowest BCUT2D eigenvalue weighted by atomic mass is 10.0. The van der Waals surface area contributed by atoms with Crippen LogP contribution in [0.3, 0.4) is 0 Å². The number of ether oxygens (including phenoxy) is 1. The van der Waals surface area contributed by atoms with Crippen LogP contribution in [-0.2, 0) is 23.9 Å². The molecule has 11 nitrogen and oxygen atoms in total. The summed E-state index contributed by atoms with van der Waals surface area (Å²) in [5.74, 6) is -1.88. The first-order chi connectivity index (χ1) is 14.6. The fraction of sp³-hybridized carbons (Fsp3) is 0.700. The third-order valence-electron chi connectivity index (χ3n) is 4.25. The molecule has 0 aromatic rings. The molecule has 0 aliphatic carbocycles. The SMILES string of the molecule is CC(=O)O.CC(=O)O.CCOC(=O)CCN1CCN(C/C=C2\CNCCC2O)CC1=O. The van der Waals surface area contributed by atoms with Gasteiger partial charge in [0.05, 0.1) is 25.7 Å². The zero-order chi connectivity index (χ0) is 23.8. The van der Waals surface area contributed by atoms with Gasteiger partial charge in [-0.05, 0) is 25.5 Å². The molecule has 1 amide bonds. The first-order valence-corrected chi connectivity index (χ1v) is 10.2. The second-order valence-corrected chi connectivity index (χ2v) is 6.97. The van der Waals surface area contributed by atoms with Crippen molar-refractivity contribution in [3.63, 3.8) is 0 Å². The van der Waals surface area contributed by atoms with Gasteiger partial charge in [0, 0.05) is 46.6 Å². The summed E-state index contributed by atoms with van der Waals surface area (Å²) in [4.78, 5) is 45.3. The smallest absolute Gasteiger partial charge is 0.307 e. The number of aliphatic carboxylic acids is 2. The van der Waals surface area contributed by atoms with E-state index in [2.05, 4.69) is 10.2 Å². The van der Waals surface area contributed by atoms with Crippen molar-refractivity contribution >= 4 is 23.8 Å². The van der Waals surface area contributed by atoms with Crippen LogP contribution in [0.2, 0.25) is 0 Å². The number of piperidine rings is 1. The summed E-state index contributed by atoms with van der Waals surface area (Å²) in [6.07, 6.45) is 2.66. The predicted molar refractivity (Wildman–Crippen MR) is 112 cm³/mol. The molecule has 2 aliphatic heterocycles. The zero-order valence-electron chi connectivity index (χ0n) is 18.5. The molecule has 31 heavy (non-hydrogen) atoms. The first-order valence-electron chi connectivity index (χ1n) is 10.2. The van der Waals surface area contributed by atoms with Crippen molar-refractivity contribution in [1.29, 1.82) is 0 Å². The van der Waals surface area contributed by atoms with Gasteiger partial charge in [-0.25, -0.2) is 0 Å². The predicted octanol–water partition coefficient (Wildman–Crippen LogP) is -0.454. The van der Waals surface area contributed by atoms with E-state index in [1.165, 1.54) is 0 Å². The Morgan fingerprint density at radius 2 is 1.81 bits per heavy atom. The van der Waals surface area contributed by atoms with E-state index < -0.39 is 11.9 Å². The lowest BCUT2D eigenvalue weighted by Crippen LogP contribution is -2.50. The van der Waals surface area contributed by atoms with Crippen molar-refractivity contribution < 1.29 is 39.2 Å².